The molecule has 0 aliphatic rings. The van der Waals surface area contributed by atoms with Gasteiger partial charge in [0.15, 0.2) is 5.84 Å². The molecule has 88 valence electrons. The lowest BCUT2D eigenvalue weighted by molar-refractivity contribution is 0.307. The van der Waals surface area contributed by atoms with Gasteiger partial charge in [0.1, 0.15) is 0 Å². The Labute approximate surface area is 93.6 Å². The van der Waals surface area contributed by atoms with Crippen LogP contribution in [0.4, 0.5) is 0 Å². The predicted molar refractivity (Wildman–Crippen MR) is 61.6 cm³/mol. The number of oxime groups is 1. The Balaban J connectivity index is 2.46. The molecule has 1 heterocycles. The minimum Gasteiger partial charge on any atom is -0.409 e. The number of pyridine rings is 1. The highest BCUT2D eigenvalue weighted by Gasteiger charge is 2.02. The lowest BCUT2D eigenvalue weighted by Crippen LogP contribution is -2.34. The zero-order valence-electron chi connectivity index (χ0n) is 9.21. The summed E-state index contributed by atoms with van der Waals surface area (Å²) in [6.07, 6.45) is 1.74. The summed E-state index contributed by atoms with van der Waals surface area (Å²) >= 11 is 0. The number of amidine groups is 1. The summed E-state index contributed by atoms with van der Waals surface area (Å²) in [6.45, 7) is 1.60. The molecular formula is C10H16N4O2. The van der Waals surface area contributed by atoms with Crippen LogP contribution in [0.2, 0.25) is 0 Å². The number of aromatic nitrogens is 1. The minimum atomic E-state index is -0.0281. The second kappa shape index (κ2) is 5.92. The Morgan fingerprint density at radius 3 is 3.00 bits per heavy atom. The number of hydrogen-bond acceptors (Lipinski definition) is 4. The number of hydrogen-bond donors (Lipinski definition) is 2. The van der Waals surface area contributed by atoms with Gasteiger partial charge in [-0.2, -0.15) is 0 Å². The molecule has 0 amide bonds. The molecule has 0 aromatic carbocycles. The first-order valence-electron chi connectivity index (χ1n) is 4.94. The molecule has 6 heteroatoms. The summed E-state index contributed by atoms with van der Waals surface area (Å²) in [7, 11) is 1.84. The van der Waals surface area contributed by atoms with E-state index in [-0.39, 0.29) is 11.4 Å². The van der Waals surface area contributed by atoms with Crippen LogP contribution in [0.25, 0.3) is 0 Å². The van der Waals surface area contributed by atoms with Gasteiger partial charge in [0.2, 0.25) is 0 Å². The zero-order chi connectivity index (χ0) is 12.0. The van der Waals surface area contributed by atoms with Crippen molar-refractivity contribution in [3.63, 3.8) is 0 Å². The van der Waals surface area contributed by atoms with Crippen LogP contribution >= 0.6 is 0 Å². The second-order valence-corrected chi connectivity index (χ2v) is 3.56. The van der Waals surface area contributed by atoms with Gasteiger partial charge in [0, 0.05) is 25.4 Å². The molecule has 0 saturated carbocycles. The van der Waals surface area contributed by atoms with E-state index in [1.807, 2.05) is 18.0 Å². The molecule has 0 aliphatic carbocycles. The van der Waals surface area contributed by atoms with E-state index in [4.69, 9.17) is 10.9 Å². The molecule has 0 fully saturated rings. The monoisotopic (exact) mass is 224 g/mol. The van der Waals surface area contributed by atoms with E-state index in [2.05, 4.69) is 5.16 Å². The molecule has 16 heavy (non-hydrogen) atoms. The molecule has 3 N–H and O–H groups in total. The van der Waals surface area contributed by atoms with Gasteiger partial charge in [-0.25, -0.2) is 0 Å². The van der Waals surface area contributed by atoms with Gasteiger partial charge < -0.3 is 15.5 Å². The van der Waals surface area contributed by atoms with E-state index in [1.165, 1.54) is 6.07 Å². The van der Waals surface area contributed by atoms with Crippen molar-refractivity contribution in [2.75, 3.05) is 20.1 Å². The molecule has 0 bridgehead atoms. The number of nitrogens with two attached hydrogens (primary N) is 1. The summed E-state index contributed by atoms with van der Waals surface area (Å²) in [4.78, 5) is 13.2. The first kappa shape index (κ1) is 12.3. The fraction of sp³-hybridized carbons (Fsp3) is 0.400. The molecule has 0 saturated heterocycles. The third kappa shape index (κ3) is 3.74. The highest BCUT2D eigenvalue weighted by Crippen LogP contribution is 1.87. The average Bonchev–Trinajstić information content (AvgIpc) is 2.28. The Morgan fingerprint density at radius 2 is 2.38 bits per heavy atom. The third-order valence-electron chi connectivity index (χ3n) is 2.18. The van der Waals surface area contributed by atoms with Gasteiger partial charge in [-0.15, -0.1) is 0 Å². The SMILES string of the molecule is CN(CCn1ccccc1=O)C/C(N)=N/O. The third-order valence-corrected chi connectivity index (χ3v) is 2.18. The fourth-order valence-corrected chi connectivity index (χ4v) is 1.31. The molecule has 1 aromatic heterocycles. The molecule has 1 rings (SSSR count). The van der Waals surface area contributed by atoms with Crippen molar-refractivity contribution in [3.8, 4) is 0 Å². The lowest BCUT2D eigenvalue weighted by atomic mass is 10.4. The largest absolute Gasteiger partial charge is 0.409 e. The average molecular weight is 224 g/mol. The van der Waals surface area contributed by atoms with E-state index in [1.54, 1.807) is 16.8 Å². The van der Waals surface area contributed by atoms with Gasteiger partial charge in [-0.3, -0.25) is 9.69 Å². The maximum absolute atomic E-state index is 11.4. The van der Waals surface area contributed by atoms with E-state index in [9.17, 15) is 4.79 Å². The summed E-state index contributed by atoms with van der Waals surface area (Å²) in [5.41, 5.74) is 5.33. The maximum Gasteiger partial charge on any atom is 0.250 e. The maximum atomic E-state index is 11.4. The standard InChI is InChI=1S/C10H16N4O2/c1-13(8-9(11)12-16)6-7-14-5-3-2-4-10(14)15/h2-5,16H,6-8H2,1H3,(H2,11,12). The smallest absolute Gasteiger partial charge is 0.250 e. The van der Waals surface area contributed by atoms with Crippen LogP contribution in [-0.2, 0) is 6.54 Å². The van der Waals surface area contributed by atoms with Crippen LogP contribution in [0.1, 0.15) is 0 Å². The van der Waals surface area contributed by atoms with Gasteiger partial charge in [-0.1, -0.05) is 11.2 Å². The molecule has 0 atom stereocenters. The lowest BCUT2D eigenvalue weighted by Gasteiger charge is -2.15. The van der Waals surface area contributed by atoms with Crippen LogP contribution < -0.4 is 11.3 Å². The predicted octanol–water partition coefficient (Wildman–Crippen LogP) is -0.473. The van der Waals surface area contributed by atoms with Crippen LogP contribution in [0.3, 0.4) is 0 Å². The Hall–Kier alpha value is -1.82. The highest BCUT2D eigenvalue weighted by molar-refractivity contribution is 5.81. The number of likely N-dealkylation sites (N-methyl/N-ethyl adjacent to an activating group) is 1. The van der Waals surface area contributed by atoms with Gasteiger partial charge in [0.25, 0.3) is 5.56 Å². The first-order chi connectivity index (χ1) is 7.63. The topological polar surface area (TPSA) is 83.9 Å². The van der Waals surface area contributed by atoms with E-state index in [0.717, 1.165) is 0 Å². The van der Waals surface area contributed by atoms with Crippen molar-refractivity contribution in [2.45, 2.75) is 6.54 Å². The minimum absolute atomic E-state index is 0.0281. The van der Waals surface area contributed by atoms with E-state index in [0.29, 0.717) is 19.6 Å². The van der Waals surface area contributed by atoms with Crippen molar-refractivity contribution in [3.05, 3.63) is 34.7 Å². The summed E-state index contributed by atoms with van der Waals surface area (Å²) < 4.78 is 1.61. The molecule has 6 nitrogen and oxygen atoms in total. The molecular weight excluding hydrogens is 208 g/mol. The molecule has 0 spiro atoms. The Morgan fingerprint density at radius 1 is 1.62 bits per heavy atom. The zero-order valence-corrected chi connectivity index (χ0v) is 9.21. The molecule has 0 radical (unpaired) electrons. The normalized spacial score (nSPS) is 12.0. The fourth-order valence-electron chi connectivity index (χ4n) is 1.31. The summed E-state index contributed by atoms with van der Waals surface area (Å²) in [6, 6.07) is 5.04. The molecule has 0 unspecified atom stereocenters. The van der Waals surface area contributed by atoms with Crippen molar-refractivity contribution >= 4 is 5.84 Å². The summed E-state index contributed by atoms with van der Waals surface area (Å²) in [5.74, 6) is 0.155. The van der Waals surface area contributed by atoms with Gasteiger partial charge >= 0.3 is 0 Å². The first-order valence-corrected chi connectivity index (χ1v) is 4.94. The van der Waals surface area contributed by atoms with Gasteiger partial charge in [0.05, 0.1) is 6.54 Å². The number of rotatable bonds is 5. The van der Waals surface area contributed by atoms with Crippen LogP contribution in [-0.4, -0.2) is 40.6 Å². The van der Waals surface area contributed by atoms with Crippen molar-refractivity contribution in [2.24, 2.45) is 10.9 Å². The van der Waals surface area contributed by atoms with Crippen molar-refractivity contribution < 1.29 is 5.21 Å². The van der Waals surface area contributed by atoms with Gasteiger partial charge in [-0.05, 0) is 13.1 Å². The van der Waals surface area contributed by atoms with E-state index >= 15 is 0 Å². The van der Waals surface area contributed by atoms with Crippen LogP contribution in [0.5, 0.6) is 0 Å². The van der Waals surface area contributed by atoms with E-state index < -0.39 is 0 Å². The van der Waals surface area contributed by atoms with Crippen LogP contribution in [0.15, 0.2) is 34.3 Å². The van der Waals surface area contributed by atoms with Crippen LogP contribution in [0, 0.1) is 0 Å². The Kier molecular flexibility index (Phi) is 4.53. The molecule has 0 aliphatic heterocycles. The summed E-state index contributed by atoms with van der Waals surface area (Å²) in [5, 5.41) is 11.3. The quantitative estimate of drug-likeness (QED) is 0.306. The molecule has 1 aromatic rings. The van der Waals surface area contributed by atoms with Crippen molar-refractivity contribution in [1.82, 2.24) is 9.47 Å². The second-order valence-electron chi connectivity index (χ2n) is 3.56. The van der Waals surface area contributed by atoms with Crippen molar-refractivity contribution in [1.29, 1.82) is 0 Å². The Bertz CT molecular complexity index is 413. The highest BCUT2D eigenvalue weighted by atomic mass is 16.4. The number of nitrogens with zero attached hydrogens (tertiary/aromatic N) is 3.